The standard InChI is InChI=1S/C18H20ClF/c1-10-6-7-16(20)15(8-10)18(19)17-13(4)11(2)9-12(3)14(17)5/h6-9,18H,1-5H3. The molecule has 0 aromatic heterocycles. The zero-order valence-electron chi connectivity index (χ0n) is 12.6. The van der Waals surface area contributed by atoms with Gasteiger partial charge in [0.05, 0.1) is 5.38 Å². The molecule has 0 spiro atoms. The molecule has 0 aliphatic rings. The Morgan fingerprint density at radius 2 is 1.45 bits per heavy atom. The first-order chi connectivity index (χ1) is 9.32. The Balaban J connectivity index is 2.65. The van der Waals surface area contributed by atoms with E-state index in [1.165, 1.54) is 17.2 Å². The second-order valence-corrected chi connectivity index (χ2v) is 6.00. The minimum atomic E-state index is -0.450. The summed E-state index contributed by atoms with van der Waals surface area (Å²) in [5, 5.41) is -0.450. The van der Waals surface area contributed by atoms with Gasteiger partial charge in [0.25, 0.3) is 0 Å². The minimum absolute atomic E-state index is 0.242. The molecule has 106 valence electrons. The molecule has 1 atom stereocenters. The van der Waals surface area contributed by atoms with Crippen LogP contribution in [0.15, 0.2) is 24.3 Å². The molecule has 0 fully saturated rings. The van der Waals surface area contributed by atoms with Crippen LogP contribution < -0.4 is 0 Å². The van der Waals surface area contributed by atoms with Gasteiger partial charge in [-0.3, -0.25) is 0 Å². The van der Waals surface area contributed by atoms with E-state index < -0.39 is 5.38 Å². The van der Waals surface area contributed by atoms with Crippen LogP contribution in [0.5, 0.6) is 0 Å². The molecule has 2 heteroatoms. The molecule has 0 amide bonds. The number of hydrogen-bond acceptors (Lipinski definition) is 0. The van der Waals surface area contributed by atoms with Gasteiger partial charge < -0.3 is 0 Å². The van der Waals surface area contributed by atoms with Crippen LogP contribution in [0.4, 0.5) is 4.39 Å². The summed E-state index contributed by atoms with van der Waals surface area (Å²) in [6.45, 7) is 10.2. The molecule has 0 saturated carbocycles. The molecule has 0 bridgehead atoms. The van der Waals surface area contributed by atoms with Crippen molar-refractivity contribution in [3.8, 4) is 0 Å². The van der Waals surface area contributed by atoms with Crippen LogP contribution in [0, 0.1) is 40.4 Å². The maximum Gasteiger partial charge on any atom is 0.128 e. The zero-order chi connectivity index (χ0) is 15.0. The van der Waals surface area contributed by atoms with E-state index in [1.54, 1.807) is 6.07 Å². The van der Waals surface area contributed by atoms with Crippen molar-refractivity contribution < 1.29 is 4.39 Å². The third-order valence-electron chi connectivity index (χ3n) is 4.10. The van der Waals surface area contributed by atoms with Crippen LogP contribution in [0.2, 0.25) is 0 Å². The van der Waals surface area contributed by atoms with Crippen molar-refractivity contribution in [2.75, 3.05) is 0 Å². The molecule has 0 aliphatic carbocycles. The lowest BCUT2D eigenvalue weighted by atomic mass is 9.89. The summed E-state index contributed by atoms with van der Waals surface area (Å²) in [5.74, 6) is -0.242. The van der Waals surface area contributed by atoms with Crippen molar-refractivity contribution in [1.29, 1.82) is 0 Å². The average molecular weight is 291 g/mol. The van der Waals surface area contributed by atoms with Crippen molar-refractivity contribution in [3.05, 3.63) is 69.0 Å². The number of aryl methyl sites for hydroxylation is 3. The van der Waals surface area contributed by atoms with E-state index >= 15 is 0 Å². The van der Waals surface area contributed by atoms with Gasteiger partial charge in [-0.1, -0.05) is 23.8 Å². The molecule has 0 N–H and O–H groups in total. The van der Waals surface area contributed by atoms with Gasteiger partial charge in [-0.05, 0) is 68.5 Å². The van der Waals surface area contributed by atoms with E-state index in [4.69, 9.17) is 11.6 Å². The first-order valence-corrected chi connectivity index (χ1v) is 7.24. The van der Waals surface area contributed by atoms with Crippen molar-refractivity contribution in [3.63, 3.8) is 0 Å². The molecule has 0 nitrogen and oxygen atoms in total. The predicted octanol–water partition coefficient (Wildman–Crippen LogP) is 5.70. The summed E-state index contributed by atoms with van der Waals surface area (Å²) in [6.07, 6.45) is 0. The predicted molar refractivity (Wildman–Crippen MR) is 84.2 cm³/mol. The molecule has 0 heterocycles. The van der Waals surface area contributed by atoms with Gasteiger partial charge in [0.2, 0.25) is 0 Å². The van der Waals surface area contributed by atoms with Gasteiger partial charge in [0.1, 0.15) is 5.82 Å². The quantitative estimate of drug-likeness (QED) is 0.623. The Morgan fingerprint density at radius 3 is 2.00 bits per heavy atom. The Kier molecular flexibility index (Phi) is 4.19. The second kappa shape index (κ2) is 5.57. The molecular formula is C18H20ClF. The van der Waals surface area contributed by atoms with E-state index in [9.17, 15) is 4.39 Å². The Labute approximate surface area is 125 Å². The van der Waals surface area contributed by atoms with Crippen LogP contribution in [0.3, 0.4) is 0 Å². The summed E-state index contributed by atoms with van der Waals surface area (Å²) < 4.78 is 14.1. The fourth-order valence-corrected chi connectivity index (χ4v) is 3.13. The van der Waals surface area contributed by atoms with E-state index in [0.29, 0.717) is 5.56 Å². The van der Waals surface area contributed by atoms with Crippen molar-refractivity contribution in [2.24, 2.45) is 0 Å². The van der Waals surface area contributed by atoms with E-state index in [-0.39, 0.29) is 5.82 Å². The summed E-state index contributed by atoms with van der Waals surface area (Å²) in [6, 6.07) is 7.25. The van der Waals surface area contributed by atoms with Gasteiger partial charge in [-0.2, -0.15) is 0 Å². The molecule has 2 rings (SSSR count). The number of halogens is 2. The smallest absolute Gasteiger partial charge is 0.128 e. The summed E-state index contributed by atoms with van der Waals surface area (Å²) in [5.41, 5.74) is 7.30. The van der Waals surface area contributed by atoms with Crippen LogP contribution in [-0.4, -0.2) is 0 Å². The van der Waals surface area contributed by atoms with Gasteiger partial charge in [-0.15, -0.1) is 11.6 Å². The molecule has 0 saturated heterocycles. The molecule has 1 unspecified atom stereocenters. The second-order valence-electron chi connectivity index (χ2n) is 5.56. The highest BCUT2D eigenvalue weighted by Gasteiger charge is 2.21. The fraction of sp³-hybridized carbons (Fsp3) is 0.333. The minimum Gasteiger partial charge on any atom is -0.207 e. The van der Waals surface area contributed by atoms with Crippen molar-refractivity contribution >= 4 is 11.6 Å². The maximum atomic E-state index is 14.1. The number of rotatable bonds is 2. The summed E-state index contributed by atoms with van der Waals surface area (Å²) in [7, 11) is 0. The lowest BCUT2D eigenvalue weighted by molar-refractivity contribution is 0.611. The van der Waals surface area contributed by atoms with Gasteiger partial charge in [0, 0.05) is 5.56 Å². The van der Waals surface area contributed by atoms with Crippen LogP contribution in [0.25, 0.3) is 0 Å². The highest BCUT2D eigenvalue weighted by Crippen LogP contribution is 2.37. The summed E-state index contributed by atoms with van der Waals surface area (Å²) >= 11 is 6.62. The first kappa shape index (κ1) is 15.1. The van der Waals surface area contributed by atoms with Crippen molar-refractivity contribution in [2.45, 2.75) is 40.0 Å². The molecule has 20 heavy (non-hydrogen) atoms. The zero-order valence-corrected chi connectivity index (χ0v) is 13.4. The third kappa shape index (κ3) is 2.60. The van der Waals surface area contributed by atoms with Gasteiger partial charge >= 0.3 is 0 Å². The van der Waals surface area contributed by atoms with Gasteiger partial charge in [0.15, 0.2) is 0 Å². The molecule has 2 aromatic rings. The van der Waals surface area contributed by atoms with Crippen LogP contribution in [0.1, 0.15) is 44.3 Å². The molecular weight excluding hydrogens is 271 g/mol. The van der Waals surface area contributed by atoms with E-state index in [1.807, 2.05) is 13.0 Å². The Bertz CT molecular complexity index is 633. The largest absolute Gasteiger partial charge is 0.207 e. The highest BCUT2D eigenvalue weighted by molar-refractivity contribution is 6.22. The average Bonchev–Trinajstić information content (AvgIpc) is 2.39. The van der Waals surface area contributed by atoms with Crippen molar-refractivity contribution in [1.82, 2.24) is 0 Å². The van der Waals surface area contributed by atoms with Crippen LogP contribution >= 0.6 is 11.6 Å². The molecule has 0 radical (unpaired) electrons. The summed E-state index contributed by atoms with van der Waals surface area (Å²) in [4.78, 5) is 0. The maximum absolute atomic E-state index is 14.1. The molecule has 0 aliphatic heterocycles. The number of alkyl halides is 1. The van der Waals surface area contributed by atoms with Crippen LogP contribution in [-0.2, 0) is 0 Å². The lowest BCUT2D eigenvalue weighted by Gasteiger charge is -2.20. The Hall–Kier alpha value is -1.34. The highest BCUT2D eigenvalue weighted by atomic mass is 35.5. The molecule has 2 aromatic carbocycles. The first-order valence-electron chi connectivity index (χ1n) is 6.80. The SMILES string of the molecule is Cc1ccc(F)c(C(Cl)c2c(C)c(C)cc(C)c2C)c1. The lowest BCUT2D eigenvalue weighted by Crippen LogP contribution is -2.05. The normalized spacial score (nSPS) is 12.6. The number of hydrogen-bond donors (Lipinski definition) is 0. The van der Waals surface area contributed by atoms with E-state index in [0.717, 1.165) is 22.3 Å². The monoisotopic (exact) mass is 290 g/mol. The van der Waals surface area contributed by atoms with Gasteiger partial charge in [-0.25, -0.2) is 4.39 Å². The van der Waals surface area contributed by atoms with E-state index in [2.05, 4.69) is 33.8 Å². The number of benzene rings is 2. The fourth-order valence-electron chi connectivity index (χ4n) is 2.64. The third-order valence-corrected chi connectivity index (χ3v) is 4.56. The topological polar surface area (TPSA) is 0 Å². The Morgan fingerprint density at radius 1 is 0.900 bits per heavy atom.